The highest BCUT2D eigenvalue weighted by atomic mass is 14.5. The quantitative estimate of drug-likeness (QED) is 0.579. The summed E-state index contributed by atoms with van der Waals surface area (Å²) in [5.74, 6) is 0.763. The molecular formula is C15H24. The molecule has 0 saturated heterocycles. The van der Waals surface area contributed by atoms with E-state index in [1.807, 2.05) is 0 Å². The molecule has 0 spiro atoms. The Morgan fingerprint density at radius 1 is 1.20 bits per heavy atom. The molecule has 0 aromatic carbocycles. The maximum absolute atomic E-state index is 2.50. The van der Waals surface area contributed by atoms with Gasteiger partial charge in [-0.05, 0) is 42.9 Å². The van der Waals surface area contributed by atoms with E-state index >= 15 is 0 Å². The van der Waals surface area contributed by atoms with E-state index in [1.165, 1.54) is 31.3 Å². The highest BCUT2D eigenvalue weighted by molar-refractivity contribution is 5.23. The van der Waals surface area contributed by atoms with Crippen molar-refractivity contribution < 1.29 is 0 Å². The third-order valence-electron chi connectivity index (χ3n) is 5.15. The molecule has 2 aliphatic carbocycles. The van der Waals surface area contributed by atoms with Gasteiger partial charge in [-0.2, -0.15) is 0 Å². The zero-order valence-electron chi connectivity index (χ0n) is 10.6. The van der Waals surface area contributed by atoms with Gasteiger partial charge >= 0.3 is 0 Å². The lowest BCUT2D eigenvalue weighted by Gasteiger charge is -2.44. The van der Waals surface area contributed by atoms with Gasteiger partial charge in [0.05, 0.1) is 0 Å². The van der Waals surface area contributed by atoms with Gasteiger partial charge in [0.15, 0.2) is 0 Å². The topological polar surface area (TPSA) is 0 Å². The minimum absolute atomic E-state index is 0.515. The Morgan fingerprint density at radius 3 is 2.40 bits per heavy atom. The smallest absolute Gasteiger partial charge is 0.0136 e. The minimum Gasteiger partial charge on any atom is -0.0810 e. The van der Waals surface area contributed by atoms with E-state index in [9.17, 15) is 0 Å². The highest BCUT2D eigenvalue weighted by Gasteiger charge is 2.48. The van der Waals surface area contributed by atoms with Crippen molar-refractivity contribution in [2.24, 2.45) is 16.7 Å². The zero-order valence-corrected chi connectivity index (χ0v) is 10.6. The number of hydrogen-bond donors (Lipinski definition) is 0. The van der Waals surface area contributed by atoms with Gasteiger partial charge in [-0.25, -0.2) is 0 Å². The third-order valence-corrected chi connectivity index (χ3v) is 5.15. The van der Waals surface area contributed by atoms with Crippen LogP contribution in [0.25, 0.3) is 0 Å². The summed E-state index contributed by atoms with van der Waals surface area (Å²) >= 11 is 0. The van der Waals surface area contributed by atoms with Gasteiger partial charge < -0.3 is 0 Å². The summed E-state index contributed by atoms with van der Waals surface area (Å²) in [5.41, 5.74) is 2.47. The zero-order chi connectivity index (χ0) is 11.1. The van der Waals surface area contributed by atoms with Crippen molar-refractivity contribution >= 4 is 0 Å². The van der Waals surface area contributed by atoms with Gasteiger partial charge in [-0.3, -0.25) is 0 Å². The van der Waals surface area contributed by atoms with Crippen LogP contribution in [0.2, 0.25) is 0 Å². The van der Waals surface area contributed by atoms with Gasteiger partial charge in [0.2, 0.25) is 0 Å². The largest absolute Gasteiger partial charge is 0.0810 e. The third kappa shape index (κ3) is 1.68. The summed E-state index contributed by atoms with van der Waals surface area (Å²) in [6.45, 7) is 9.62. The number of allylic oxidation sites excluding steroid dienone is 4. The van der Waals surface area contributed by atoms with E-state index in [4.69, 9.17) is 0 Å². The lowest BCUT2D eigenvalue weighted by molar-refractivity contribution is 0.0789. The molecule has 0 radical (unpaired) electrons. The Labute approximate surface area is 94.5 Å². The number of hydrogen-bond acceptors (Lipinski definition) is 0. The first-order valence-corrected chi connectivity index (χ1v) is 6.31. The number of rotatable bonds is 1. The minimum atomic E-state index is 0.515. The Bertz CT molecular complexity index is 306. The summed E-state index contributed by atoms with van der Waals surface area (Å²) in [6, 6.07) is 0. The molecule has 0 bridgehead atoms. The van der Waals surface area contributed by atoms with Crippen molar-refractivity contribution in [2.75, 3.05) is 0 Å². The van der Waals surface area contributed by atoms with E-state index < -0.39 is 0 Å². The Hall–Kier alpha value is -0.520. The van der Waals surface area contributed by atoms with Gasteiger partial charge in [0.1, 0.15) is 0 Å². The normalized spacial score (nSPS) is 39.2. The summed E-state index contributed by atoms with van der Waals surface area (Å²) in [7, 11) is 0. The monoisotopic (exact) mass is 204 g/mol. The van der Waals surface area contributed by atoms with Crippen molar-refractivity contribution in [3.8, 4) is 0 Å². The van der Waals surface area contributed by atoms with Crippen LogP contribution in [0.3, 0.4) is 0 Å². The Balaban J connectivity index is 2.21. The second-order valence-corrected chi connectivity index (χ2v) is 6.30. The summed E-state index contributed by atoms with van der Waals surface area (Å²) in [5, 5.41) is 0. The van der Waals surface area contributed by atoms with Crippen LogP contribution in [-0.4, -0.2) is 0 Å². The molecule has 0 amide bonds. The molecule has 1 saturated carbocycles. The molecule has 0 N–H and O–H groups in total. The summed E-state index contributed by atoms with van der Waals surface area (Å²) < 4.78 is 0. The predicted molar refractivity (Wildman–Crippen MR) is 66.7 cm³/mol. The molecule has 0 unspecified atom stereocenters. The van der Waals surface area contributed by atoms with Crippen LogP contribution in [0.4, 0.5) is 0 Å². The standard InChI is InChI=1S/C15H24/c1-12-6-8-13(9-7-12)15(4)11-5-10-14(15,2)3/h6-8,13H,5,9-11H2,1-4H3/t13-,15-/m1/s1. The van der Waals surface area contributed by atoms with Gasteiger partial charge in [-0.15, -0.1) is 0 Å². The first-order valence-electron chi connectivity index (χ1n) is 6.31. The average molecular weight is 204 g/mol. The highest BCUT2D eigenvalue weighted by Crippen LogP contribution is 2.58. The van der Waals surface area contributed by atoms with E-state index in [1.54, 1.807) is 0 Å². The van der Waals surface area contributed by atoms with E-state index in [-0.39, 0.29) is 0 Å². The van der Waals surface area contributed by atoms with Crippen molar-refractivity contribution in [1.29, 1.82) is 0 Å². The predicted octanol–water partition coefficient (Wildman–Crippen LogP) is 4.73. The Kier molecular flexibility index (Phi) is 2.56. The van der Waals surface area contributed by atoms with Crippen molar-refractivity contribution in [3.05, 3.63) is 23.8 Å². The SMILES string of the molecule is CC1=CC[C@H]([C@@]2(C)CCCC2(C)C)C=C1. The lowest BCUT2D eigenvalue weighted by Crippen LogP contribution is -2.36. The fourth-order valence-corrected chi connectivity index (χ4v) is 3.41. The van der Waals surface area contributed by atoms with Crippen LogP contribution in [0.1, 0.15) is 53.4 Å². The molecular weight excluding hydrogens is 180 g/mol. The second-order valence-electron chi connectivity index (χ2n) is 6.30. The van der Waals surface area contributed by atoms with Crippen LogP contribution < -0.4 is 0 Å². The molecule has 0 heterocycles. The molecule has 84 valence electrons. The maximum Gasteiger partial charge on any atom is -0.0136 e. The summed E-state index contributed by atoms with van der Waals surface area (Å²) in [6.07, 6.45) is 12.7. The molecule has 2 atom stereocenters. The molecule has 0 nitrogen and oxygen atoms in total. The van der Waals surface area contributed by atoms with Crippen LogP contribution in [-0.2, 0) is 0 Å². The Morgan fingerprint density at radius 2 is 1.93 bits per heavy atom. The molecule has 0 aliphatic heterocycles. The molecule has 2 rings (SSSR count). The van der Waals surface area contributed by atoms with Crippen LogP contribution in [0.5, 0.6) is 0 Å². The first kappa shape index (κ1) is 11.0. The van der Waals surface area contributed by atoms with E-state index in [2.05, 4.69) is 45.9 Å². The van der Waals surface area contributed by atoms with Gasteiger partial charge in [-0.1, -0.05) is 51.0 Å². The molecule has 1 fully saturated rings. The molecule has 2 aliphatic rings. The lowest BCUT2D eigenvalue weighted by atomic mass is 9.60. The average Bonchev–Trinajstić information content (AvgIpc) is 2.43. The fourth-order valence-electron chi connectivity index (χ4n) is 3.41. The summed E-state index contributed by atoms with van der Waals surface area (Å²) in [4.78, 5) is 0. The van der Waals surface area contributed by atoms with Crippen molar-refractivity contribution in [2.45, 2.75) is 53.4 Å². The fraction of sp³-hybridized carbons (Fsp3) is 0.733. The van der Waals surface area contributed by atoms with Crippen LogP contribution >= 0.6 is 0 Å². The van der Waals surface area contributed by atoms with Gasteiger partial charge in [0.25, 0.3) is 0 Å². The van der Waals surface area contributed by atoms with Gasteiger partial charge in [0, 0.05) is 0 Å². The van der Waals surface area contributed by atoms with Crippen molar-refractivity contribution in [3.63, 3.8) is 0 Å². The van der Waals surface area contributed by atoms with Crippen molar-refractivity contribution in [1.82, 2.24) is 0 Å². The molecule has 0 heteroatoms. The maximum atomic E-state index is 2.50. The van der Waals surface area contributed by atoms with E-state index in [0.717, 1.165) is 5.92 Å². The molecule has 15 heavy (non-hydrogen) atoms. The molecule has 0 aromatic rings. The van der Waals surface area contributed by atoms with E-state index in [0.29, 0.717) is 10.8 Å². The molecule has 0 aromatic heterocycles. The second kappa shape index (κ2) is 3.50. The first-order chi connectivity index (χ1) is 6.96. The van der Waals surface area contributed by atoms with Crippen LogP contribution in [0, 0.1) is 16.7 Å². The van der Waals surface area contributed by atoms with Crippen LogP contribution in [0.15, 0.2) is 23.8 Å².